The van der Waals surface area contributed by atoms with Crippen molar-refractivity contribution in [3.05, 3.63) is 28.2 Å². The Bertz CT molecular complexity index is 570. The molecule has 1 aromatic rings. The molecule has 20 heavy (non-hydrogen) atoms. The van der Waals surface area contributed by atoms with Crippen LogP contribution in [0.3, 0.4) is 0 Å². The van der Waals surface area contributed by atoms with Gasteiger partial charge in [0.1, 0.15) is 0 Å². The summed E-state index contributed by atoms with van der Waals surface area (Å²) in [5.41, 5.74) is 0.496. The molecule has 0 aliphatic carbocycles. The van der Waals surface area contributed by atoms with Crippen LogP contribution in [0.2, 0.25) is 10.0 Å². The van der Waals surface area contributed by atoms with E-state index < -0.39 is 0 Å². The average molecular weight is 313 g/mol. The van der Waals surface area contributed by atoms with Crippen molar-refractivity contribution >= 4 is 40.7 Å². The number of anilines is 1. The molecule has 1 atom stereocenters. The van der Waals surface area contributed by atoms with E-state index in [0.29, 0.717) is 15.7 Å². The Morgan fingerprint density at radius 2 is 1.75 bits per heavy atom. The molecule has 0 radical (unpaired) electrons. The predicted octanol–water partition coefficient (Wildman–Crippen LogP) is 2.72. The Balaban J connectivity index is 1.87. The van der Waals surface area contributed by atoms with Gasteiger partial charge in [0.25, 0.3) is 5.91 Å². The van der Waals surface area contributed by atoms with Crippen LogP contribution in [0.15, 0.2) is 18.2 Å². The number of amides is 2. The van der Waals surface area contributed by atoms with Crippen molar-refractivity contribution in [2.24, 2.45) is 0 Å². The molecule has 2 heterocycles. The molecule has 2 fully saturated rings. The second-order valence-corrected chi connectivity index (χ2v) is 5.94. The number of hydrogen-bond acceptors (Lipinski definition) is 3. The third-order valence-electron chi connectivity index (χ3n) is 3.87. The summed E-state index contributed by atoms with van der Waals surface area (Å²) < 4.78 is 0. The molecule has 0 aromatic heterocycles. The number of rotatable bonds is 2. The molecule has 2 saturated heterocycles. The predicted molar refractivity (Wildman–Crippen MR) is 78.2 cm³/mol. The maximum absolute atomic E-state index is 12.5. The quantitative estimate of drug-likeness (QED) is 0.788. The molecule has 6 heteroatoms. The smallest absolute Gasteiger partial charge is 0.251 e. The topological polar surface area (TPSA) is 40.6 Å². The zero-order valence-corrected chi connectivity index (χ0v) is 12.3. The van der Waals surface area contributed by atoms with Crippen LogP contribution in [-0.4, -0.2) is 35.8 Å². The van der Waals surface area contributed by atoms with Crippen molar-refractivity contribution in [1.29, 1.82) is 0 Å². The monoisotopic (exact) mass is 312 g/mol. The zero-order chi connectivity index (χ0) is 14.3. The minimum atomic E-state index is -0.320. The van der Waals surface area contributed by atoms with Gasteiger partial charge in [-0.2, -0.15) is 0 Å². The van der Waals surface area contributed by atoms with E-state index >= 15 is 0 Å². The Morgan fingerprint density at radius 1 is 1.05 bits per heavy atom. The molecular formula is C14H14Cl2N2O2. The summed E-state index contributed by atoms with van der Waals surface area (Å²) in [5.74, 6) is -0.333. The molecule has 1 aromatic carbocycles. The lowest BCUT2D eigenvalue weighted by atomic mass is 10.2. The summed E-state index contributed by atoms with van der Waals surface area (Å²) in [6.07, 6.45) is 2.43. The van der Waals surface area contributed by atoms with Crippen molar-refractivity contribution in [3.8, 4) is 0 Å². The minimum absolute atomic E-state index is 0.157. The molecule has 2 aliphatic heterocycles. The largest absolute Gasteiger partial charge is 0.292 e. The highest BCUT2D eigenvalue weighted by molar-refractivity contribution is 6.42. The van der Waals surface area contributed by atoms with E-state index in [1.54, 1.807) is 18.2 Å². The van der Waals surface area contributed by atoms with Crippen molar-refractivity contribution < 1.29 is 9.59 Å². The summed E-state index contributed by atoms with van der Waals surface area (Å²) in [4.78, 5) is 28.0. The molecule has 1 unspecified atom stereocenters. The lowest BCUT2D eigenvalue weighted by Crippen LogP contribution is -2.40. The number of nitrogens with zero attached hydrogens (tertiary/aromatic N) is 2. The standard InChI is InChI=1S/C14H14Cl2N2O2/c15-10-4-3-9(7-11(10)16)18-13(19)8-12(14(18)20)17-5-1-2-6-17/h3-4,7,12H,1-2,5-6,8H2. The molecule has 0 spiro atoms. The van der Waals surface area contributed by atoms with Crippen LogP contribution in [0.25, 0.3) is 0 Å². The number of hydrogen-bond donors (Lipinski definition) is 0. The normalized spacial score (nSPS) is 23.9. The highest BCUT2D eigenvalue weighted by Crippen LogP contribution is 2.31. The molecule has 2 aliphatic rings. The van der Waals surface area contributed by atoms with E-state index in [1.807, 2.05) is 0 Å². The summed E-state index contributed by atoms with van der Waals surface area (Å²) in [7, 11) is 0. The van der Waals surface area contributed by atoms with Gasteiger partial charge in [0.05, 0.1) is 28.2 Å². The van der Waals surface area contributed by atoms with Gasteiger partial charge in [-0.3, -0.25) is 14.5 Å². The van der Waals surface area contributed by atoms with Gasteiger partial charge in [0.15, 0.2) is 0 Å². The van der Waals surface area contributed by atoms with Crippen LogP contribution in [0.5, 0.6) is 0 Å². The van der Waals surface area contributed by atoms with Gasteiger partial charge in [-0.25, -0.2) is 4.90 Å². The van der Waals surface area contributed by atoms with E-state index in [9.17, 15) is 9.59 Å². The average Bonchev–Trinajstić information content (AvgIpc) is 3.02. The number of likely N-dealkylation sites (tertiary alicyclic amines) is 1. The first kappa shape index (κ1) is 13.9. The Hall–Kier alpha value is -1.10. The van der Waals surface area contributed by atoms with E-state index in [0.717, 1.165) is 25.9 Å². The first-order valence-electron chi connectivity index (χ1n) is 6.64. The fourth-order valence-corrected chi connectivity index (χ4v) is 3.14. The number of halogens is 2. The summed E-state index contributed by atoms with van der Waals surface area (Å²) in [5, 5.41) is 0.750. The highest BCUT2D eigenvalue weighted by Gasteiger charge is 2.43. The molecule has 0 N–H and O–H groups in total. The fraction of sp³-hybridized carbons (Fsp3) is 0.429. The van der Waals surface area contributed by atoms with Gasteiger partial charge in [-0.15, -0.1) is 0 Å². The maximum Gasteiger partial charge on any atom is 0.251 e. The Morgan fingerprint density at radius 3 is 2.40 bits per heavy atom. The summed E-state index contributed by atoms with van der Waals surface area (Å²) >= 11 is 11.8. The van der Waals surface area contributed by atoms with Gasteiger partial charge in [-0.1, -0.05) is 23.2 Å². The zero-order valence-electron chi connectivity index (χ0n) is 10.8. The number of carbonyl (C=O) groups excluding carboxylic acids is 2. The lowest BCUT2D eigenvalue weighted by Gasteiger charge is -2.21. The van der Waals surface area contributed by atoms with Crippen LogP contribution in [0.1, 0.15) is 19.3 Å². The van der Waals surface area contributed by atoms with Crippen LogP contribution in [0.4, 0.5) is 5.69 Å². The van der Waals surface area contributed by atoms with Gasteiger partial charge >= 0.3 is 0 Å². The number of benzene rings is 1. The first-order valence-corrected chi connectivity index (χ1v) is 7.39. The van der Waals surface area contributed by atoms with Gasteiger partial charge in [-0.05, 0) is 44.1 Å². The lowest BCUT2D eigenvalue weighted by molar-refractivity contribution is -0.122. The minimum Gasteiger partial charge on any atom is -0.292 e. The number of imide groups is 1. The molecule has 3 rings (SSSR count). The molecule has 4 nitrogen and oxygen atoms in total. The van der Waals surface area contributed by atoms with E-state index in [-0.39, 0.29) is 24.3 Å². The fourth-order valence-electron chi connectivity index (χ4n) is 2.85. The van der Waals surface area contributed by atoms with Crippen LogP contribution >= 0.6 is 23.2 Å². The first-order chi connectivity index (χ1) is 9.58. The Kier molecular flexibility index (Phi) is 3.71. The molecule has 0 saturated carbocycles. The van der Waals surface area contributed by atoms with E-state index in [2.05, 4.69) is 4.90 Å². The summed E-state index contributed by atoms with van der Waals surface area (Å²) in [6.45, 7) is 1.78. The van der Waals surface area contributed by atoms with Crippen LogP contribution < -0.4 is 4.90 Å². The second kappa shape index (κ2) is 5.35. The van der Waals surface area contributed by atoms with Crippen molar-refractivity contribution in [2.45, 2.75) is 25.3 Å². The molecule has 0 bridgehead atoms. The van der Waals surface area contributed by atoms with Gasteiger partial charge < -0.3 is 0 Å². The van der Waals surface area contributed by atoms with Crippen LogP contribution in [-0.2, 0) is 9.59 Å². The van der Waals surface area contributed by atoms with Gasteiger partial charge in [0, 0.05) is 0 Å². The third-order valence-corrected chi connectivity index (χ3v) is 4.60. The maximum atomic E-state index is 12.5. The third kappa shape index (κ3) is 2.32. The SMILES string of the molecule is O=C1CC(N2CCCC2)C(=O)N1c1ccc(Cl)c(Cl)c1. The molecule has 2 amide bonds. The van der Waals surface area contributed by atoms with Crippen molar-refractivity contribution in [1.82, 2.24) is 4.90 Å². The van der Waals surface area contributed by atoms with E-state index in [1.165, 1.54) is 4.90 Å². The molecule has 106 valence electrons. The van der Waals surface area contributed by atoms with E-state index in [4.69, 9.17) is 23.2 Å². The molecular weight excluding hydrogens is 299 g/mol. The highest BCUT2D eigenvalue weighted by atomic mass is 35.5. The summed E-state index contributed by atoms with van der Waals surface area (Å²) in [6, 6.07) is 4.49. The number of carbonyl (C=O) groups is 2. The van der Waals surface area contributed by atoms with Crippen molar-refractivity contribution in [2.75, 3.05) is 18.0 Å². The van der Waals surface area contributed by atoms with Crippen LogP contribution in [0, 0.1) is 0 Å². The van der Waals surface area contributed by atoms with Crippen molar-refractivity contribution in [3.63, 3.8) is 0 Å². The Labute approximate surface area is 127 Å². The van der Waals surface area contributed by atoms with Gasteiger partial charge in [0.2, 0.25) is 5.91 Å². The second-order valence-electron chi connectivity index (χ2n) is 5.13.